The molecule has 1 aliphatic rings. The third-order valence-corrected chi connectivity index (χ3v) is 8.78. The molecule has 1 unspecified atom stereocenters. The molecule has 1 aliphatic carbocycles. The van der Waals surface area contributed by atoms with Crippen LogP contribution in [0, 0.1) is 0 Å². The van der Waals surface area contributed by atoms with Gasteiger partial charge in [-0.15, -0.1) is 0 Å². The second kappa shape index (κ2) is 9.48. The fourth-order valence-corrected chi connectivity index (χ4v) is 7.36. The van der Waals surface area contributed by atoms with Gasteiger partial charge < -0.3 is 4.74 Å². The minimum Gasteiger partial charge on any atom is -0.496 e. The Balaban J connectivity index is 1.85. The van der Waals surface area contributed by atoms with Gasteiger partial charge in [-0.05, 0) is 51.4 Å². The van der Waals surface area contributed by atoms with Gasteiger partial charge in [0.1, 0.15) is 5.75 Å². The Morgan fingerprint density at radius 2 is 1.35 bits per heavy atom. The smallest absolute Gasteiger partial charge is 0.127 e. The molecule has 0 N–H and O–H groups in total. The Morgan fingerprint density at radius 3 is 1.94 bits per heavy atom. The van der Waals surface area contributed by atoms with Gasteiger partial charge in [-0.3, -0.25) is 0 Å². The lowest BCUT2D eigenvalue weighted by Gasteiger charge is -2.22. The fraction of sp³-hybridized carbons (Fsp3) is 0.188. The Hall–Kier alpha value is -3.36. The Bertz CT molecular complexity index is 1340. The van der Waals surface area contributed by atoms with Crippen LogP contribution in [0.5, 0.6) is 5.75 Å². The van der Waals surface area contributed by atoms with Gasteiger partial charge in [0.25, 0.3) is 0 Å². The zero-order valence-electron chi connectivity index (χ0n) is 20.4. The summed E-state index contributed by atoms with van der Waals surface area (Å²) in [6.07, 6.45) is 3.59. The van der Waals surface area contributed by atoms with Crippen molar-refractivity contribution in [1.29, 1.82) is 0 Å². The second-order valence-corrected chi connectivity index (χ2v) is 11.9. The van der Waals surface area contributed by atoms with E-state index < -0.39 is 8.80 Å². The standard InChI is InChI=1S/C32H31OSi/c1-5-22-21-28-25(17-12-18-27(28)32(22)34(3)4)26-19-20-29(33-2)31(24-15-10-7-11-16-24)30(26)23-13-8-6-9-14-23/h6-21,32H,5H2,1-4H3. The lowest BCUT2D eigenvalue weighted by atomic mass is 9.85. The van der Waals surface area contributed by atoms with Crippen LogP contribution in [0.25, 0.3) is 39.5 Å². The quantitative estimate of drug-likeness (QED) is 0.262. The van der Waals surface area contributed by atoms with Gasteiger partial charge in [0.2, 0.25) is 0 Å². The number of allylic oxidation sites excluding steroid dienone is 1. The van der Waals surface area contributed by atoms with Crippen molar-refractivity contribution in [2.75, 3.05) is 7.11 Å². The summed E-state index contributed by atoms with van der Waals surface area (Å²) in [6, 6.07) is 32.7. The molecule has 169 valence electrons. The summed E-state index contributed by atoms with van der Waals surface area (Å²) in [4.78, 5) is 0. The van der Waals surface area contributed by atoms with Crippen LogP contribution in [0.3, 0.4) is 0 Å². The maximum atomic E-state index is 5.92. The van der Waals surface area contributed by atoms with Crippen LogP contribution in [-0.4, -0.2) is 15.9 Å². The summed E-state index contributed by atoms with van der Waals surface area (Å²) in [7, 11) is 1.27. The van der Waals surface area contributed by atoms with E-state index in [0.29, 0.717) is 5.54 Å². The molecule has 4 aromatic rings. The lowest BCUT2D eigenvalue weighted by molar-refractivity contribution is 0.416. The molecule has 0 heterocycles. The molecule has 1 nitrogen and oxygen atoms in total. The van der Waals surface area contributed by atoms with E-state index in [4.69, 9.17) is 4.74 Å². The van der Waals surface area contributed by atoms with Gasteiger partial charge in [-0.1, -0.05) is 117 Å². The Kier molecular flexibility index (Phi) is 6.25. The highest BCUT2D eigenvalue weighted by atomic mass is 28.3. The first-order valence-corrected chi connectivity index (χ1v) is 14.7. The van der Waals surface area contributed by atoms with Crippen molar-refractivity contribution >= 4 is 14.9 Å². The summed E-state index contributed by atoms with van der Waals surface area (Å²) < 4.78 is 5.92. The molecular formula is C32H31OSi. The zero-order valence-corrected chi connectivity index (χ0v) is 21.4. The van der Waals surface area contributed by atoms with Crippen molar-refractivity contribution in [3.05, 3.63) is 108 Å². The molecule has 0 spiro atoms. The predicted molar refractivity (Wildman–Crippen MR) is 148 cm³/mol. The fourth-order valence-electron chi connectivity index (χ4n) is 5.46. The van der Waals surface area contributed by atoms with Crippen molar-refractivity contribution in [1.82, 2.24) is 0 Å². The average molecular weight is 460 g/mol. The normalized spacial score (nSPS) is 14.7. The first-order chi connectivity index (χ1) is 16.6. The largest absolute Gasteiger partial charge is 0.496 e. The number of methoxy groups -OCH3 is 1. The lowest BCUT2D eigenvalue weighted by Crippen LogP contribution is -2.16. The molecule has 0 saturated carbocycles. The number of benzene rings is 4. The molecule has 0 amide bonds. The van der Waals surface area contributed by atoms with E-state index in [1.165, 1.54) is 38.9 Å². The summed E-state index contributed by atoms with van der Waals surface area (Å²) in [5, 5.41) is 0. The summed E-state index contributed by atoms with van der Waals surface area (Å²) >= 11 is 0. The molecule has 4 aromatic carbocycles. The SMILES string of the molecule is CCC1=Cc2c(-c3ccc(OC)c(-c4ccccc4)c3-c3ccccc3)cccc2C1[Si](C)C. The second-order valence-electron chi connectivity index (χ2n) is 9.19. The van der Waals surface area contributed by atoms with Crippen LogP contribution >= 0.6 is 0 Å². The summed E-state index contributed by atoms with van der Waals surface area (Å²) in [5.74, 6) is 0.900. The number of hydrogen-bond acceptors (Lipinski definition) is 1. The molecular weight excluding hydrogens is 428 g/mol. The molecule has 0 fully saturated rings. The van der Waals surface area contributed by atoms with Gasteiger partial charge in [-0.2, -0.15) is 0 Å². The molecule has 0 saturated heterocycles. The minimum absolute atomic E-state index is 0.493. The highest BCUT2D eigenvalue weighted by molar-refractivity contribution is 6.58. The van der Waals surface area contributed by atoms with Gasteiger partial charge in [0.15, 0.2) is 0 Å². The van der Waals surface area contributed by atoms with Gasteiger partial charge in [0, 0.05) is 11.1 Å². The number of fused-ring (bicyclic) bond motifs is 1. The molecule has 34 heavy (non-hydrogen) atoms. The van der Waals surface area contributed by atoms with Gasteiger partial charge >= 0.3 is 0 Å². The van der Waals surface area contributed by atoms with Gasteiger partial charge in [0.05, 0.1) is 15.9 Å². The molecule has 1 atom stereocenters. The topological polar surface area (TPSA) is 9.23 Å². The van der Waals surface area contributed by atoms with E-state index >= 15 is 0 Å². The van der Waals surface area contributed by atoms with Crippen LogP contribution in [-0.2, 0) is 0 Å². The Labute approximate surface area is 205 Å². The molecule has 5 rings (SSSR count). The maximum absolute atomic E-state index is 5.92. The zero-order chi connectivity index (χ0) is 23.7. The maximum Gasteiger partial charge on any atom is 0.127 e. The van der Waals surface area contributed by atoms with E-state index in [9.17, 15) is 0 Å². The first kappa shape index (κ1) is 22.4. The molecule has 0 aromatic heterocycles. The number of hydrogen-bond donors (Lipinski definition) is 0. The van der Waals surface area contributed by atoms with Crippen molar-refractivity contribution in [2.24, 2.45) is 0 Å². The van der Waals surface area contributed by atoms with Crippen molar-refractivity contribution in [3.8, 4) is 39.1 Å². The Morgan fingerprint density at radius 1 is 0.706 bits per heavy atom. The van der Waals surface area contributed by atoms with E-state index in [1.807, 2.05) is 0 Å². The van der Waals surface area contributed by atoms with Crippen molar-refractivity contribution in [2.45, 2.75) is 32.0 Å². The van der Waals surface area contributed by atoms with Crippen LogP contribution in [0.15, 0.2) is 96.6 Å². The van der Waals surface area contributed by atoms with E-state index in [1.54, 1.807) is 12.7 Å². The highest BCUT2D eigenvalue weighted by Gasteiger charge is 2.30. The van der Waals surface area contributed by atoms with Crippen molar-refractivity contribution in [3.63, 3.8) is 0 Å². The van der Waals surface area contributed by atoms with Crippen LogP contribution in [0.4, 0.5) is 0 Å². The third-order valence-electron chi connectivity index (χ3n) is 6.94. The number of rotatable bonds is 6. The molecule has 1 radical (unpaired) electrons. The summed E-state index contributed by atoms with van der Waals surface area (Å²) in [5.41, 5.74) is 12.4. The monoisotopic (exact) mass is 459 g/mol. The van der Waals surface area contributed by atoms with E-state index in [0.717, 1.165) is 17.7 Å². The van der Waals surface area contributed by atoms with Crippen molar-refractivity contribution < 1.29 is 4.74 Å². The summed E-state index contributed by atoms with van der Waals surface area (Å²) in [6.45, 7) is 7.18. The third kappa shape index (κ3) is 3.82. The predicted octanol–water partition coefficient (Wildman–Crippen LogP) is 8.88. The van der Waals surface area contributed by atoms with Crippen LogP contribution in [0.1, 0.15) is 30.0 Å². The highest BCUT2D eigenvalue weighted by Crippen LogP contribution is 2.49. The average Bonchev–Trinajstić information content (AvgIpc) is 3.28. The van der Waals surface area contributed by atoms with Gasteiger partial charge in [-0.25, -0.2) is 0 Å². The first-order valence-electron chi connectivity index (χ1n) is 12.1. The van der Waals surface area contributed by atoms with Crippen LogP contribution in [0.2, 0.25) is 13.1 Å². The van der Waals surface area contributed by atoms with Crippen LogP contribution < -0.4 is 4.74 Å². The molecule has 0 aliphatic heterocycles. The molecule has 2 heteroatoms. The van der Waals surface area contributed by atoms with E-state index in [-0.39, 0.29) is 0 Å². The minimum atomic E-state index is -0.493. The number of ether oxygens (including phenoxy) is 1. The molecule has 0 bridgehead atoms. The van der Waals surface area contributed by atoms with E-state index in [2.05, 4.69) is 117 Å².